The first kappa shape index (κ1) is 43.0. The molecule has 3 aromatic carbocycles. The van der Waals surface area contributed by atoms with Gasteiger partial charge in [0.15, 0.2) is 0 Å². The number of carboxylic acids is 2. The summed E-state index contributed by atoms with van der Waals surface area (Å²) in [6, 6.07) is 23.1. The zero-order valence-corrected chi connectivity index (χ0v) is 35.1. The third-order valence-electron chi connectivity index (χ3n) is 13.0. The van der Waals surface area contributed by atoms with Gasteiger partial charge in [0.2, 0.25) is 5.91 Å². The number of pyridine rings is 1. The molecule has 3 aliphatic carbocycles. The summed E-state index contributed by atoms with van der Waals surface area (Å²) in [5, 5.41) is 37.7. The minimum Gasteiger partial charge on any atom is -0.493 e. The van der Waals surface area contributed by atoms with E-state index in [1.165, 1.54) is 11.1 Å². The number of anilines is 1. The Morgan fingerprint density at radius 3 is 2.47 bits per heavy atom. The molecule has 0 bridgehead atoms. The Bertz CT molecular complexity index is 2160. The van der Waals surface area contributed by atoms with Gasteiger partial charge in [-0.25, -0.2) is 9.59 Å². The molecule has 5 N–H and O–H groups in total. The number of aliphatic hydroxyl groups is 1. The lowest BCUT2D eigenvalue weighted by Crippen LogP contribution is -2.53. The van der Waals surface area contributed by atoms with E-state index < -0.39 is 35.5 Å². The van der Waals surface area contributed by atoms with Crippen LogP contribution in [-0.4, -0.2) is 69.0 Å². The van der Waals surface area contributed by atoms with Crippen molar-refractivity contribution in [1.82, 2.24) is 10.3 Å². The molecule has 4 aromatic rings. The molecule has 0 aliphatic heterocycles. The van der Waals surface area contributed by atoms with Gasteiger partial charge in [-0.1, -0.05) is 67.9 Å². The molecule has 12 heteroatoms. The maximum atomic E-state index is 13.1. The topological polar surface area (TPSA) is 167 Å². The molecule has 11 nitrogen and oxygen atoms in total. The van der Waals surface area contributed by atoms with Crippen LogP contribution in [0.3, 0.4) is 0 Å². The smallest absolute Gasteiger partial charge is 0.329 e. The lowest BCUT2D eigenvalue weighted by Gasteiger charge is -2.47. The van der Waals surface area contributed by atoms with Crippen molar-refractivity contribution in [2.75, 3.05) is 18.5 Å². The molecule has 3 aliphatic rings. The van der Waals surface area contributed by atoms with Crippen LogP contribution >= 0.6 is 11.6 Å². The first-order chi connectivity index (χ1) is 28.8. The first-order valence-corrected chi connectivity index (χ1v) is 21.6. The van der Waals surface area contributed by atoms with Crippen molar-refractivity contribution in [3.8, 4) is 11.5 Å². The average Bonchev–Trinajstić information content (AvgIpc) is 3.51. The number of benzene rings is 3. The maximum absolute atomic E-state index is 13.1. The van der Waals surface area contributed by atoms with E-state index in [1.54, 1.807) is 24.3 Å². The van der Waals surface area contributed by atoms with Gasteiger partial charge in [-0.15, -0.1) is 0 Å². The predicted molar refractivity (Wildman–Crippen MR) is 230 cm³/mol. The van der Waals surface area contributed by atoms with Crippen molar-refractivity contribution in [3.05, 3.63) is 118 Å². The molecule has 7 rings (SSSR count). The summed E-state index contributed by atoms with van der Waals surface area (Å²) in [5.74, 6) is -0.333. The van der Waals surface area contributed by atoms with Crippen molar-refractivity contribution < 1.29 is 39.2 Å². The second-order valence-corrected chi connectivity index (χ2v) is 17.8. The highest BCUT2D eigenvalue weighted by Gasteiger charge is 2.54. The summed E-state index contributed by atoms with van der Waals surface area (Å²) in [4.78, 5) is 42.4. The van der Waals surface area contributed by atoms with Crippen molar-refractivity contribution in [2.45, 2.75) is 113 Å². The Hall–Kier alpha value is -5.13. The van der Waals surface area contributed by atoms with Gasteiger partial charge in [-0.2, -0.15) is 0 Å². The third kappa shape index (κ3) is 9.74. The second kappa shape index (κ2) is 18.6. The zero-order chi connectivity index (χ0) is 42.4. The van der Waals surface area contributed by atoms with E-state index in [1.807, 2.05) is 54.7 Å². The summed E-state index contributed by atoms with van der Waals surface area (Å²) >= 11 is 6.29. The van der Waals surface area contributed by atoms with Crippen LogP contribution in [0.5, 0.6) is 11.5 Å². The number of aliphatic hydroxyl groups excluding tert-OH is 1. The number of fused-ring (bicyclic) bond motifs is 3. The van der Waals surface area contributed by atoms with Gasteiger partial charge in [0.05, 0.1) is 19.1 Å². The molecule has 1 fully saturated rings. The predicted octanol–water partition coefficient (Wildman–Crippen LogP) is 8.14. The van der Waals surface area contributed by atoms with Crippen molar-refractivity contribution in [3.63, 3.8) is 0 Å². The molecule has 1 amide bonds. The molecule has 60 heavy (non-hydrogen) atoms. The van der Waals surface area contributed by atoms with E-state index in [2.05, 4.69) is 35.5 Å². The van der Waals surface area contributed by atoms with Crippen LogP contribution in [0.15, 0.2) is 85.1 Å². The second-order valence-electron chi connectivity index (χ2n) is 17.3. The highest BCUT2D eigenvalue weighted by Crippen LogP contribution is 2.57. The number of aliphatic carboxylic acids is 2. The molecule has 1 heterocycles. The Labute approximate surface area is 356 Å². The number of nitrogens with one attached hydrogen (secondary N) is 2. The lowest BCUT2D eigenvalue weighted by atomic mass is 9.59. The fraction of sp³-hybridized carbons (Fsp3) is 0.458. The summed E-state index contributed by atoms with van der Waals surface area (Å²) in [5.41, 5.74) is 4.64. The molecule has 318 valence electrons. The number of aromatic nitrogens is 1. The van der Waals surface area contributed by atoms with Crippen LogP contribution in [0.4, 0.5) is 5.69 Å². The number of carbonyl (C=O) groups excluding carboxylic acids is 1. The number of hydrogen-bond acceptors (Lipinski definition) is 8. The maximum Gasteiger partial charge on any atom is 0.329 e. The Morgan fingerprint density at radius 2 is 1.73 bits per heavy atom. The van der Waals surface area contributed by atoms with E-state index >= 15 is 0 Å². The summed E-state index contributed by atoms with van der Waals surface area (Å²) < 4.78 is 12.7. The minimum absolute atomic E-state index is 0.119. The number of hydrogen-bond donors (Lipinski definition) is 5. The van der Waals surface area contributed by atoms with E-state index in [0.717, 1.165) is 54.7 Å². The largest absolute Gasteiger partial charge is 0.493 e. The van der Waals surface area contributed by atoms with Gasteiger partial charge in [0.1, 0.15) is 29.7 Å². The number of amides is 1. The molecule has 1 spiro atoms. The van der Waals surface area contributed by atoms with Crippen LogP contribution in [0, 0.1) is 11.8 Å². The quantitative estimate of drug-likeness (QED) is 0.0701. The van der Waals surface area contributed by atoms with Crippen molar-refractivity contribution in [2.24, 2.45) is 11.8 Å². The Balaban J connectivity index is 1.06. The van der Waals surface area contributed by atoms with Crippen molar-refractivity contribution >= 4 is 35.1 Å². The van der Waals surface area contributed by atoms with E-state index in [0.29, 0.717) is 54.7 Å². The van der Waals surface area contributed by atoms with E-state index in [9.17, 15) is 29.7 Å². The number of ether oxygens (including phenoxy) is 2. The number of halogens is 1. The fourth-order valence-corrected chi connectivity index (χ4v) is 10.1. The summed E-state index contributed by atoms with van der Waals surface area (Å²) in [6.45, 7) is 4.86. The average molecular weight is 838 g/mol. The molecular formula is C48H56ClN3O8. The molecule has 1 unspecified atom stereocenters. The van der Waals surface area contributed by atoms with Crippen molar-refractivity contribution in [1.29, 1.82) is 0 Å². The highest BCUT2D eigenvalue weighted by atomic mass is 35.5. The zero-order valence-electron chi connectivity index (χ0n) is 34.4. The number of aryl methyl sites for hydroxylation is 1. The van der Waals surface area contributed by atoms with Gasteiger partial charge in [0.25, 0.3) is 0 Å². The monoisotopic (exact) mass is 837 g/mol. The van der Waals surface area contributed by atoms with Gasteiger partial charge in [-0.3, -0.25) is 9.78 Å². The van der Waals surface area contributed by atoms with Gasteiger partial charge in [-0.05, 0) is 134 Å². The molecule has 1 saturated carbocycles. The number of nitrogens with zero attached hydrogens (tertiary/aromatic N) is 1. The van der Waals surface area contributed by atoms with Crippen LogP contribution < -0.4 is 20.1 Å². The lowest BCUT2D eigenvalue weighted by molar-refractivity contribution is -0.144. The highest BCUT2D eigenvalue weighted by molar-refractivity contribution is 6.30. The SMILES string of the molecule is C[C@@H](COc1ccnc2c1[C@H](C)CCC2)C[C@H]1Cc2ccc(OCC(O)CC(=O)N[C@H](Cc3ccccc3)C(=O)O)cc2C12CCC(Nc1cccc(Cl)c1)(C(=O)O)CC2. The summed E-state index contributed by atoms with van der Waals surface area (Å²) in [7, 11) is 0. The third-order valence-corrected chi connectivity index (χ3v) is 13.3. The Kier molecular flexibility index (Phi) is 13.4. The van der Waals surface area contributed by atoms with E-state index in [-0.39, 0.29) is 36.7 Å². The normalized spacial score (nSPS) is 23.4. The van der Waals surface area contributed by atoms with Gasteiger partial charge >= 0.3 is 11.9 Å². The molecule has 0 saturated heterocycles. The number of carboxylic acid groups (broad SMARTS) is 2. The molecule has 0 radical (unpaired) electrons. The van der Waals surface area contributed by atoms with Crippen LogP contribution in [0.2, 0.25) is 5.02 Å². The number of carbonyl (C=O) groups is 3. The molecule has 1 aromatic heterocycles. The molecular weight excluding hydrogens is 782 g/mol. The summed E-state index contributed by atoms with van der Waals surface area (Å²) in [6.07, 6.45) is 7.48. The van der Waals surface area contributed by atoms with Crippen LogP contribution in [0.25, 0.3) is 0 Å². The van der Waals surface area contributed by atoms with Crippen LogP contribution in [0.1, 0.15) is 99.1 Å². The Morgan fingerprint density at radius 1 is 0.950 bits per heavy atom. The van der Waals surface area contributed by atoms with E-state index in [4.69, 9.17) is 21.1 Å². The fourth-order valence-electron chi connectivity index (χ4n) is 9.93. The first-order valence-electron chi connectivity index (χ1n) is 21.2. The number of rotatable bonds is 17. The molecule has 5 atom stereocenters. The standard InChI is InChI=1S/C48H56ClN3O8/c1-30(28-60-42-16-21-50-40-13-6-8-31(2)44(40)42)22-34-24-33-14-15-38(59-29-37(53)26-43(54)51-41(45(55)56)23-32-9-4-3-5-10-32)27-39(33)47(34)17-19-48(20-18-47,46(57)58)52-36-12-7-11-35(49)25-36/h3-5,7,9-12,14-16,21,25,27,30-31,34,37,41,52-53H,6,8,13,17-20,22-24,26,28-29H2,1-2H3,(H,51,54)(H,55,56)(H,57,58)/t30-,31-,34+,37?,41-,47?,48?/m1/s1. The minimum atomic E-state index is -1.18. The van der Waals surface area contributed by atoms with Gasteiger partial charge < -0.3 is 35.4 Å². The van der Waals surface area contributed by atoms with Gasteiger partial charge in [0, 0.05) is 34.6 Å². The van der Waals surface area contributed by atoms with Crippen LogP contribution in [-0.2, 0) is 39.1 Å².